The number of nitrogens with zero attached hydrogens (tertiary/aromatic N) is 1. The lowest BCUT2D eigenvalue weighted by Crippen LogP contribution is -2.16. The Morgan fingerprint density at radius 1 is 1.08 bits per heavy atom. The predicted molar refractivity (Wildman–Crippen MR) is 164 cm³/mol. The number of carboxylic acids is 1. The van der Waals surface area contributed by atoms with Crippen LogP contribution in [0.3, 0.4) is 0 Å². The van der Waals surface area contributed by atoms with Gasteiger partial charge in [0.2, 0.25) is 0 Å². The maximum Gasteiger partial charge on any atom is 0.335 e. The molecule has 1 aromatic heterocycles. The van der Waals surface area contributed by atoms with E-state index in [4.69, 9.17) is 0 Å². The molecule has 0 spiro atoms. The summed E-state index contributed by atoms with van der Waals surface area (Å²) in [6.07, 6.45) is 5.16. The smallest absolute Gasteiger partial charge is 0.335 e. The van der Waals surface area contributed by atoms with Crippen molar-refractivity contribution in [3.8, 4) is 0 Å². The van der Waals surface area contributed by atoms with Crippen molar-refractivity contribution in [3.63, 3.8) is 0 Å². The van der Waals surface area contributed by atoms with Gasteiger partial charge in [-0.25, -0.2) is 4.79 Å². The second-order valence-electron chi connectivity index (χ2n) is 9.43. The lowest BCUT2D eigenvalue weighted by atomic mass is 10.00. The molecule has 0 radical (unpaired) electrons. The van der Waals surface area contributed by atoms with Gasteiger partial charge in [-0.15, -0.1) is 0 Å². The Morgan fingerprint density at radius 2 is 1.74 bits per heavy atom. The van der Waals surface area contributed by atoms with E-state index in [9.17, 15) is 9.90 Å². The summed E-state index contributed by atoms with van der Waals surface area (Å²) in [5.74, 6) is -1.02. The SMILES string of the molecule is C=C(/C=C\C(=C)C(=C)/C(=C\C)C(=O)O)Cn1c(C)c(C)c2cc(C(=C)NC(C)c3ccc(Br)cc3)ccc21. The van der Waals surface area contributed by atoms with E-state index in [1.54, 1.807) is 13.0 Å². The molecule has 0 saturated heterocycles. The number of fused-ring (bicyclic) bond motifs is 1. The third-order valence-electron chi connectivity index (χ3n) is 6.86. The number of hydrogen-bond donors (Lipinski definition) is 2. The number of rotatable bonds is 11. The molecule has 38 heavy (non-hydrogen) atoms. The van der Waals surface area contributed by atoms with Gasteiger partial charge < -0.3 is 15.0 Å². The number of hydrogen-bond acceptors (Lipinski definition) is 2. The van der Waals surface area contributed by atoms with Crippen LogP contribution in [0.5, 0.6) is 0 Å². The number of allylic oxidation sites excluding steroid dienone is 5. The molecule has 0 aliphatic rings. The van der Waals surface area contributed by atoms with Crippen LogP contribution in [0.4, 0.5) is 0 Å². The summed E-state index contributed by atoms with van der Waals surface area (Å²) in [7, 11) is 0. The summed E-state index contributed by atoms with van der Waals surface area (Å²) < 4.78 is 3.30. The van der Waals surface area contributed by atoms with Crippen LogP contribution < -0.4 is 5.32 Å². The van der Waals surface area contributed by atoms with Crippen molar-refractivity contribution in [2.45, 2.75) is 40.3 Å². The fourth-order valence-corrected chi connectivity index (χ4v) is 4.66. The van der Waals surface area contributed by atoms with Crippen molar-refractivity contribution < 1.29 is 9.90 Å². The number of nitrogens with one attached hydrogen (secondary N) is 1. The number of aliphatic carboxylic acids is 1. The van der Waals surface area contributed by atoms with Crippen molar-refractivity contribution in [2.24, 2.45) is 0 Å². The summed E-state index contributed by atoms with van der Waals surface area (Å²) in [6.45, 7) is 25.0. The summed E-state index contributed by atoms with van der Waals surface area (Å²) >= 11 is 3.49. The summed E-state index contributed by atoms with van der Waals surface area (Å²) in [4.78, 5) is 11.4. The molecule has 0 aliphatic heterocycles. The first kappa shape index (κ1) is 28.7. The normalized spacial score (nSPS) is 12.5. The average molecular weight is 572 g/mol. The maximum atomic E-state index is 11.4. The van der Waals surface area contributed by atoms with E-state index in [0.29, 0.717) is 17.7 Å². The molecular weight excluding hydrogens is 536 g/mol. The second-order valence-corrected chi connectivity index (χ2v) is 10.3. The summed E-state index contributed by atoms with van der Waals surface area (Å²) in [5.41, 5.74) is 8.56. The van der Waals surface area contributed by atoms with Gasteiger partial charge in [-0.2, -0.15) is 0 Å². The van der Waals surface area contributed by atoms with E-state index >= 15 is 0 Å². The van der Waals surface area contributed by atoms with Crippen LogP contribution in [0, 0.1) is 13.8 Å². The van der Waals surface area contributed by atoms with Crippen molar-refractivity contribution >= 4 is 38.5 Å². The van der Waals surface area contributed by atoms with Crippen LogP contribution in [-0.4, -0.2) is 15.6 Å². The van der Waals surface area contributed by atoms with Crippen molar-refractivity contribution in [1.82, 2.24) is 9.88 Å². The number of aryl methyl sites for hydroxylation is 1. The van der Waals surface area contributed by atoms with Gasteiger partial charge in [-0.1, -0.05) is 78.7 Å². The van der Waals surface area contributed by atoms with E-state index in [-0.39, 0.29) is 11.6 Å². The molecule has 1 heterocycles. The van der Waals surface area contributed by atoms with Crippen LogP contribution in [0.25, 0.3) is 16.6 Å². The quantitative estimate of drug-likeness (QED) is 0.179. The molecule has 0 amide bonds. The zero-order chi connectivity index (χ0) is 28.1. The molecule has 0 saturated carbocycles. The third kappa shape index (κ3) is 6.35. The fraction of sp³-hybridized carbons (Fsp3) is 0.182. The Bertz CT molecular complexity index is 1500. The molecule has 3 aromatic rings. The summed E-state index contributed by atoms with van der Waals surface area (Å²) in [6, 6.07) is 14.8. The Morgan fingerprint density at radius 3 is 2.34 bits per heavy atom. The Hall–Kier alpha value is -3.83. The maximum absolute atomic E-state index is 11.4. The molecule has 4 nitrogen and oxygen atoms in total. The lowest BCUT2D eigenvalue weighted by Gasteiger charge is -2.18. The van der Waals surface area contributed by atoms with Gasteiger partial charge in [0, 0.05) is 39.4 Å². The first-order chi connectivity index (χ1) is 17.9. The van der Waals surface area contributed by atoms with Gasteiger partial charge in [0.25, 0.3) is 0 Å². The molecule has 0 fully saturated rings. The first-order valence-corrected chi connectivity index (χ1v) is 13.2. The monoisotopic (exact) mass is 570 g/mol. The predicted octanol–water partition coefficient (Wildman–Crippen LogP) is 8.60. The number of benzene rings is 2. The van der Waals surface area contributed by atoms with Crippen molar-refractivity contribution in [2.75, 3.05) is 0 Å². The van der Waals surface area contributed by atoms with Crippen LogP contribution in [-0.2, 0) is 11.3 Å². The standard InChI is InChI=1S/C33H35BrN2O2/c1-9-30(33(37)38)22(4)21(3)11-10-20(2)19-36-26(8)23(5)31-18-28(14-17-32(31)36)25(7)35-24(6)27-12-15-29(34)16-13-27/h9-18,24,35H,2-4,7,19H2,1,5-6,8H3,(H,37,38)/b11-10-,30-9+. The number of halogens is 1. The first-order valence-electron chi connectivity index (χ1n) is 12.4. The highest BCUT2D eigenvalue weighted by Gasteiger charge is 2.15. The van der Waals surface area contributed by atoms with Gasteiger partial charge in [0.05, 0.1) is 5.57 Å². The van der Waals surface area contributed by atoms with Crippen molar-refractivity contribution in [3.05, 3.63) is 136 Å². The van der Waals surface area contributed by atoms with Gasteiger partial charge in [0.1, 0.15) is 0 Å². The number of carboxylic acid groups (broad SMARTS) is 1. The highest BCUT2D eigenvalue weighted by atomic mass is 79.9. The molecule has 0 bridgehead atoms. The Balaban J connectivity index is 1.78. The van der Waals surface area contributed by atoms with E-state index < -0.39 is 5.97 Å². The van der Waals surface area contributed by atoms with Gasteiger partial charge in [-0.3, -0.25) is 0 Å². The summed E-state index contributed by atoms with van der Waals surface area (Å²) in [5, 5.41) is 14.0. The molecule has 1 atom stereocenters. The molecule has 196 valence electrons. The Kier molecular flexibility index (Phi) is 9.18. The van der Waals surface area contributed by atoms with E-state index in [2.05, 4.69) is 103 Å². The van der Waals surface area contributed by atoms with Crippen LogP contribution in [0.1, 0.15) is 42.3 Å². The lowest BCUT2D eigenvalue weighted by molar-refractivity contribution is -0.132. The highest BCUT2D eigenvalue weighted by Crippen LogP contribution is 2.29. The zero-order valence-electron chi connectivity index (χ0n) is 22.6. The van der Waals surface area contributed by atoms with Gasteiger partial charge in [0.15, 0.2) is 0 Å². The van der Waals surface area contributed by atoms with Crippen molar-refractivity contribution in [1.29, 1.82) is 0 Å². The van der Waals surface area contributed by atoms with Crippen LogP contribution >= 0.6 is 15.9 Å². The third-order valence-corrected chi connectivity index (χ3v) is 7.39. The van der Waals surface area contributed by atoms with E-state index in [1.165, 1.54) is 28.3 Å². The van der Waals surface area contributed by atoms with Crippen LogP contribution in [0.2, 0.25) is 0 Å². The number of carbonyl (C=O) groups is 1. The molecule has 2 aromatic carbocycles. The fourth-order valence-electron chi connectivity index (χ4n) is 4.40. The average Bonchev–Trinajstić information content (AvgIpc) is 3.11. The largest absolute Gasteiger partial charge is 0.478 e. The van der Waals surface area contributed by atoms with Crippen LogP contribution in [0.15, 0.2) is 114 Å². The topological polar surface area (TPSA) is 54.3 Å². The zero-order valence-corrected chi connectivity index (χ0v) is 24.2. The Labute approximate surface area is 234 Å². The highest BCUT2D eigenvalue weighted by molar-refractivity contribution is 9.10. The molecule has 1 unspecified atom stereocenters. The second kappa shape index (κ2) is 12.1. The van der Waals surface area contributed by atoms with Gasteiger partial charge >= 0.3 is 5.97 Å². The minimum atomic E-state index is -1.02. The molecule has 0 aliphatic carbocycles. The van der Waals surface area contributed by atoms with Gasteiger partial charge in [-0.05, 0) is 85.4 Å². The van der Waals surface area contributed by atoms with E-state index in [0.717, 1.165) is 26.8 Å². The minimum absolute atomic E-state index is 0.124. The number of aromatic nitrogens is 1. The molecule has 3 rings (SSSR count). The molecule has 5 heteroatoms. The minimum Gasteiger partial charge on any atom is -0.478 e. The van der Waals surface area contributed by atoms with E-state index in [1.807, 2.05) is 18.2 Å². The molecular formula is C33H35BrN2O2. The molecule has 2 N–H and O–H groups in total.